The Morgan fingerprint density at radius 3 is 1.97 bits per heavy atom. The van der Waals surface area contributed by atoms with Crippen LogP contribution in [0.5, 0.6) is 5.75 Å². The molecule has 2 amide bonds. The second-order valence-corrected chi connectivity index (χ2v) is 14.9. The van der Waals surface area contributed by atoms with Gasteiger partial charge in [0.25, 0.3) is 0 Å². The Morgan fingerprint density at radius 2 is 1.36 bits per heavy atom. The second-order valence-electron chi connectivity index (χ2n) is 14.9. The molecule has 61 heavy (non-hydrogen) atoms. The first kappa shape index (κ1) is 40.5. The van der Waals surface area contributed by atoms with Crippen molar-refractivity contribution >= 4 is 46.4 Å². The first-order valence-corrected chi connectivity index (χ1v) is 20.0. The minimum Gasteiger partial charge on any atom is -0.496 e. The van der Waals surface area contributed by atoms with E-state index < -0.39 is 0 Å². The van der Waals surface area contributed by atoms with Crippen LogP contribution in [0.1, 0.15) is 110 Å². The highest BCUT2D eigenvalue weighted by atomic mass is 16.5. The average Bonchev–Trinajstić information content (AvgIpc) is 4.12. The fraction of sp³-hybridized carbons (Fsp3) is 0.318. The molecule has 1 N–H and O–H groups in total. The second kappa shape index (κ2) is 17.9. The maximum Gasteiger partial charge on any atom is 0.228 e. The predicted molar refractivity (Wildman–Crippen MR) is 222 cm³/mol. The smallest absolute Gasteiger partial charge is 0.228 e. The molecule has 4 aliphatic heterocycles. The fourth-order valence-corrected chi connectivity index (χ4v) is 7.59. The van der Waals surface area contributed by atoms with Crippen LogP contribution in [0, 0.1) is 13.8 Å². The summed E-state index contributed by atoms with van der Waals surface area (Å²) in [6.45, 7) is 4.32. The van der Waals surface area contributed by atoms with Gasteiger partial charge in [-0.25, -0.2) is 19.9 Å². The summed E-state index contributed by atoms with van der Waals surface area (Å²) in [5.74, 6) is 2.54. The Balaban J connectivity index is 0.000000180. The lowest BCUT2D eigenvalue weighted by Crippen LogP contribution is -2.36. The van der Waals surface area contributed by atoms with Gasteiger partial charge in [-0.1, -0.05) is 28.5 Å². The van der Waals surface area contributed by atoms with Crippen molar-refractivity contribution < 1.29 is 33.0 Å². The largest absolute Gasteiger partial charge is 0.496 e. The van der Waals surface area contributed by atoms with Crippen LogP contribution in [0.3, 0.4) is 0 Å². The Labute approximate surface area is 350 Å². The van der Waals surface area contributed by atoms with Crippen LogP contribution in [-0.4, -0.2) is 72.2 Å². The number of amides is 2. The van der Waals surface area contributed by atoms with Crippen molar-refractivity contribution in [2.75, 3.05) is 17.3 Å². The monoisotopic (exact) mass is 822 g/mol. The van der Waals surface area contributed by atoms with Gasteiger partial charge in [-0.05, 0) is 43.9 Å². The topological polar surface area (TPSA) is 221 Å². The molecule has 0 saturated heterocycles. The van der Waals surface area contributed by atoms with Crippen LogP contribution in [-0.2, 0) is 41.8 Å². The molecule has 4 aromatic heterocycles. The molecule has 8 heterocycles. The van der Waals surface area contributed by atoms with Gasteiger partial charge in [0.15, 0.2) is 11.6 Å². The quantitative estimate of drug-likeness (QED) is 0.136. The maximum absolute atomic E-state index is 13.2. The molecule has 0 fully saturated rings. The van der Waals surface area contributed by atoms with Gasteiger partial charge in [-0.3, -0.25) is 34.1 Å². The zero-order chi connectivity index (χ0) is 42.5. The van der Waals surface area contributed by atoms with Crippen LogP contribution in [0.4, 0.5) is 11.6 Å². The van der Waals surface area contributed by atoms with E-state index in [-0.39, 0.29) is 42.6 Å². The molecule has 0 aliphatic carbocycles. The Kier molecular flexibility index (Phi) is 11.9. The number of carbonyl (C=O) groups is 4. The van der Waals surface area contributed by atoms with E-state index in [1.807, 2.05) is 44.2 Å². The van der Waals surface area contributed by atoms with Gasteiger partial charge < -0.3 is 19.1 Å². The first-order valence-electron chi connectivity index (χ1n) is 20.0. The lowest BCUT2D eigenvalue weighted by Gasteiger charge is -2.30. The Bertz CT molecular complexity index is 2670. The Morgan fingerprint density at radius 1 is 0.754 bits per heavy atom. The van der Waals surface area contributed by atoms with Crippen LogP contribution < -0.4 is 15.0 Å². The number of rotatable bonds is 13. The summed E-state index contributed by atoms with van der Waals surface area (Å²) in [5.41, 5.74) is 8.28. The molecule has 0 unspecified atom stereocenters. The van der Waals surface area contributed by atoms with E-state index >= 15 is 0 Å². The van der Waals surface area contributed by atoms with Crippen LogP contribution in [0.2, 0.25) is 0 Å². The molecule has 1 aromatic carbocycles. The highest BCUT2D eigenvalue weighted by Crippen LogP contribution is 2.33. The normalized spacial score (nSPS) is 15.1. The van der Waals surface area contributed by atoms with Gasteiger partial charge >= 0.3 is 0 Å². The van der Waals surface area contributed by atoms with Crippen molar-refractivity contribution in [3.63, 3.8) is 0 Å². The number of allylic oxidation sites excluding steroid dienone is 2. The van der Waals surface area contributed by atoms with Crippen LogP contribution in [0.15, 0.2) is 80.5 Å². The number of aromatic nitrogens is 6. The molecule has 17 nitrogen and oxygen atoms in total. The molecule has 0 atom stereocenters. The summed E-state index contributed by atoms with van der Waals surface area (Å²) in [7, 11) is 1.62. The molecule has 310 valence electrons. The van der Waals surface area contributed by atoms with E-state index in [9.17, 15) is 19.2 Å². The van der Waals surface area contributed by atoms with Gasteiger partial charge in [-0.15, -0.1) is 0 Å². The zero-order valence-electron chi connectivity index (χ0n) is 33.9. The van der Waals surface area contributed by atoms with Gasteiger partial charge in [0.1, 0.15) is 64.3 Å². The van der Waals surface area contributed by atoms with Crippen LogP contribution in [0.25, 0.3) is 0 Å². The van der Waals surface area contributed by atoms with E-state index in [4.69, 9.17) is 13.8 Å². The van der Waals surface area contributed by atoms with Crippen molar-refractivity contribution in [1.29, 1.82) is 0 Å². The van der Waals surface area contributed by atoms with E-state index in [1.165, 1.54) is 12.7 Å². The number of anilines is 2. The number of Topliss-reactive ketones (excluding diaryl/α,β-unsaturated/α-hetero) is 2. The standard InChI is InChI=1S/C27H27N5O4.C17H15N5O3/c1-16-11-17(2)20(24(12-16)35-3)14-32-25(34)9-7-19-26(29-15-30-27(19)32)23(33)8-6-18-13-22(31-36-18)21-5-4-10-28-21;23-14(16-11-4-6-15(24)21-17(11)20-9-19-16)5-3-10-8-13(22-25-10)12-2-1-7-18-12/h4,10-13,15H,5-9,14H2,1-3H3;1,7-9H,2-6H2,(H,19,20,21,24). The predicted octanol–water partition coefficient (Wildman–Crippen LogP) is 5.96. The van der Waals surface area contributed by atoms with E-state index in [1.54, 1.807) is 24.4 Å². The lowest BCUT2D eigenvalue weighted by molar-refractivity contribution is -0.119. The first-order chi connectivity index (χ1) is 29.6. The number of hydrogen-bond acceptors (Lipinski definition) is 15. The number of aliphatic imine (C=N–C) groups is 2. The highest BCUT2D eigenvalue weighted by Gasteiger charge is 2.31. The van der Waals surface area contributed by atoms with Gasteiger partial charge in [-0.2, -0.15) is 0 Å². The number of nitrogens with zero attached hydrogens (tertiary/aromatic N) is 9. The fourth-order valence-electron chi connectivity index (χ4n) is 7.59. The number of ether oxygens (including phenoxy) is 1. The Hall–Kier alpha value is -7.30. The van der Waals surface area contributed by atoms with Gasteiger partial charge in [0.2, 0.25) is 11.8 Å². The number of hydrogen-bond donors (Lipinski definition) is 1. The molecule has 17 heteroatoms. The number of nitrogens with one attached hydrogen (secondary N) is 1. The van der Waals surface area contributed by atoms with Gasteiger partial charge in [0, 0.05) is 92.6 Å². The molecule has 0 bridgehead atoms. The maximum atomic E-state index is 13.2. The van der Waals surface area contributed by atoms with E-state index in [0.717, 1.165) is 46.7 Å². The number of carbonyl (C=O) groups excluding carboxylic acids is 4. The van der Waals surface area contributed by atoms with Crippen molar-refractivity contribution in [3.05, 3.63) is 124 Å². The third-order valence-corrected chi connectivity index (χ3v) is 10.7. The van der Waals surface area contributed by atoms with Crippen LogP contribution >= 0.6 is 0 Å². The number of benzene rings is 1. The minimum atomic E-state index is -0.120. The minimum absolute atomic E-state index is 0.0415. The molecule has 4 aliphatic rings. The summed E-state index contributed by atoms with van der Waals surface area (Å²) >= 11 is 0. The molecular weight excluding hydrogens is 781 g/mol. The van der Waals surface area contributed by atoms with E-state index in [2.05, 4.69) is 51.6 Å². The third-order valence-electron chi connectivity index (χ3n) is 10.7. The average molecular weight is 823 g/mol. The van der Waals surface area contributed by atoms with E-state index in [0.29, 0.717) is 95.7 Å². The SMILES string of the molecule is COc1cc(C)cc(C)c1CN1C(=O)CCc2c(C(=O)CCc3cc(C4=NC=CC4)no3)ncnc21.O=C1CCc2c(ncnc2C(=O)CCc2cc(C3=NC=CC3)no2)N1. The van der Waals surface area contributed by atoms with Gasteiger partial charge in [0.05, 0.1) is 25.1 Å². The number of ketones is 2. The van der Waals surface area contributed by atoms with Crippen molar-refractivity contribution in [3.8, 4) is 5.75 Å². The number of methoxy groups -OCH3 is 1. The lowest BCUT2D eigenvalue weighted by atomic mass is 9.97. The number of fused-ring (bicyclic) bond motifs is 2. The molecule has 0 radical (unpaired) electrons. The van der Waals surface area contributed by atoms with Crippen molar-refractivity contribution in [2.24, 2.45) is 9.98 Å². The molecule has 0 saturated carbocycles. The molecule has 0 spiro atoms. The van der Waals surface area contributed by atoms with Crippen molar-refractivity contribution in [2.45, 2.75) is 84.6 Å². The number of aryl methyl sites for hydroxylation is 4. The third kappa shape index (κ3) is 9.00. The summed E-state index contributed by atoms with van der Waals surface area (Å²) in [6, 6.07) is 7.66. The summed E-state index contributed by atoms with van der Waals surface area (Å²) in [4.78, 5) is 77.1. The molecule has 9 rings (SSSR count). The molecule has 5 aromatic rings. The zero-order valence-corrected chi connectivity index (χ0v) is 33.9. The highest BCUT2D eigenvalue weighted by molar-refractivity contribution is 6.03. The molecular formula is C44H42N10O7. The summed E-state index contributed by atoms with van der Waals surface area (Å²) in [6.07, 6.45) is 14.3. The van der Waals surface area contributed by atoms with Crippen molar-refractivity contribution in [1.82, 2.24) is 30.2 Å². The summed E-state index contributed by atoms with van der Waals surface area (Å²) in [5, 5.41) is 10.7. The summed E-state index contributed by atoms with van der Waals surface area (Å²) < 4.78 is 16.3.